The fraction of sp³-hybridized carbons (Fsp3) is 0.562. The topological polar surface area (TPSA) is 87.7 Å². The number of benzene rings is 2. The van der Waals surface area contributed by atoms with Crippen LogP contribution in [0, 0.1) is 11.6 Å². The van der Waals surface area contributed by atoms with Gasteiger partial charge in [-0.15, -0.1) is 0 Å². The highest BCUT2D eigenvalue weighted by Gasteiger charge is 2.35. The van der Waals surface area contributed by atoms with E-state index in [1.165, 1.54) is 30.4 Å². The Bertz CT molecular complexity index is 1120. The van der Waals surface area contributed by atoms with E-state index in [0.717, 1.165) is 38.2 Å². The summed E-state index contributed by atoms with van der Waals surface area (Å²) < 4.78 is 32.5. The molecule has 0 aliphatic heterocycles. The molecule has 40 heavy (non-hydrogen) atoms. The molecule has 220 valence electrons. The molecule has 2 aromatic carbocycles. The molecule has 0 saturated heterocycles. The number of carbonyl (C=O) groups is 2. The fourth-order valence-electron chi connectivity index (χ4n) is 5.49. The van der Waals surface area contributed by atoms with E-state index in [-0.39, 0.29) is 42.7 Å². The summed E-state index contributed by atoms with van der Waals surface area (Å²) in [5.41, 5.74) is 2.43. The molecule has 2 aromatic rings. The van der Waals surface area contributed by atoms with Gasteiger partial charge < -0.3 is 20.5 Å². The first kappa shape index (κ1) is 31.7. The van der Waals surface area contributed by atoms with Crippen LogP contribution in [0.1, 0.15) is 88.8 Å². The molecular weight excluding hydrogens is 514 g/mol. The van der Waals surface area contributed by atoms with Crippen molar-refractivity contribution in [2.75, 3.05) is 13.7 Å². The summed E-state index contributed by atoms with van der Waals surface area (Å²) in [5.74, 6) is -2.19. The standard InChI is InChI=1S/C32H44F2N2O4/c1-31(2,3)23-10-8-11-24(19-23)32(14-6-5-7-15-32)35-21-28(37)27(18-22-16-25(33)20-26(34)17-22)36-29(38)12-9-13-30(39)40-4/h8,10-11,16-17,19-20,27-28,35,37H,5-7,9,12-15,18,21H2,1-4H3,(H,36,38)/t27-,28+/m1/s1. The molecule has 0 spiro atoms. The van der Waals surface area contributed by atoms with Gasteiger partial charge in [-0.25, -0.2) is 8.78 Å². The Hall–Kier alpha value is -2.84. The summed E-state index contributed by atoms with van der Waals surface area (Å²) in [6, 6.07) is 11.0. The Labute approximate surface area is 236 Å². The maximum Gasteiger partial charge on any atom is 0.305 e. The minimum atomic E-state index is -1.03. The predicted octanol–water partition coefficient (Wildman–Crippen LogP) is 5.44. The molecule has 0 aromatic heterocycles. The van der Waals surface area contributed by atoms with Gasteiger partial charge in [0.05, 0.1) is 19.3 Å². The van der Waals surface area contributed by atoms with E-state index in [2.05, 4.69) is 60.4 Å². The van der Waals surface area contributed by atoms with E-state index in [1.807, 2.05) is 0 Å². The first-order valence-corrected chi connectivity index (χ1v) is 14.3. The maximum absolute atomic E-state index is 13.9. The quantitative estimate of drug-likeness (QED) is 0.302. The number of nitrogens with one attached hydrogen (secondary N) is 2. The van der Waals surface area contributed by atoms with Crippen LogP contribution in [0.15, 0.2) is 42.5 Å². The summed E-state index contributed by atoms with van der Waals surface area (Å²) in [4.78, 5) is 24.1. The molecule has 0 heterocycles. The average Bonchev–Trinajstić information content (AvgIpc) is 2.91. The van der Waals surface area contributed by atoms with Crippen molar-refractivity contribution in [3.05, 3.63) is 70.8 Å². The number of halogens is 2. The van der Waals surface area contributed by atoms with Gasteiger partial charge in [-0.1, -0.05) is 64.3 Å². The van der Waals surface area contributed by atoms with Crippen LogP contribution in [-0.4, -0.2) is 42.8 Å². The summed E-state index contributed by atoms with van der Waals surface area (Å²) in [7, 11) is 1.29. The molecular formula is C32H44F2N2O4. The van der Waals surface area contributed by atoms with Crippen molar-refractivity contribution in [3.8, 4) is 0 Å². The number of ether oxygens (including phenoxy) is 1. The second-order valence-corrected chi connectivity index (χ2v) is 12.0. The highest BCUT2D eigenvalue weighted by Crippen LogP contribution is 2.38. The van der Waals surface area contributed by atoms with Crippen molar-refractivity contribution >= 4 is 11.9 Å². The van der Waals surface area contributed by atoms with Crippen LogP contribution in [0.25, 0.3) is 0 Å². The normalized spacial score (nSPS) is 16.7. The highest BCUT2D eigenvalue weighted by atomic mass is 19.1. The lowest BCUT2D eigenvalue weighted by molar-refractivity contribution is -0.140. The summed E-state index contributed by atoms with van der Waals surface area (Å²) in [6.07, 6.45) is 4.60. The Kier molecular flexibility index (Phi) is 11.2. The number of amides is 1. The number of hydrogen-bond donors (Lipinski definition) is 3. The minimum absolute atomic E-state index is 0.00510. The largest absolute Gasteiger partial charge is 0.469 e. The molecule has 1 saturated carbocycles. The van der Waals surface area contributed by atoms with Crippen LogP contribution in [0.2, 0.25) is 0 Å². The lowest BCUT2D eigenvalue weighted by Gasteiger charge is -2.41. The molecule has 0 radical (unpaired) electrons. The van der Waals surface area contributed by atoms with Crippen LogP contribution in [0.3, 0.4) is 0 Å². The molecule has 1 fully saturated rings. The number of aliphatic hydroxyl groups is 1. The number of hydrogen-bond acceptors (Lipinski definition) is 5. The second-order valence-electron chi connectivity index (χ2n) is 12.0. The van der Waals surface area contributed by atoms with Gasteiger partial charge >= 0.3 is 5.97 Å². The molecule has 3 rings (SSSR count). The molecule has 1 aliphatic carbocycles. The molecule has 0 bridgehead atoms. The SMILES string of the molecule is COC(=O)CCCC(=O)N[C@H](Cc1cc(F)cc(F)c1)[C@@H](O)CNC1(c2cccc(C(C)(C)C)c2)CCCCC1. The number of rotatable bonds is 12. The Morgan fingerprint density at radius 2 is 1.70 bits per heavy atom. The van der Waals surface area contributed by atoms with E-state index >= 15 is 0 Å². The molecule has 6 nitrogen and oxygen atoms in total. The van der Waals surface area contributed by atoms with Crippen molar-refractivity contribution in [2.45, 2.75) is 102 Å². The molecule has 1 aliphatic rings. The van der Waals surface area contributed by atoms with E-state index in [0.29, 0.717) is 12.0 Å². The first-order chi connectivity index (χ1) is 18.9. The third-order valence-electron chi connectivity index (χ3n) is 7.84. The van der Waals surface area contributed by atoms with Gasteiger partial charge in [0.25, 0.3) is 0 Å². The van der Waals surface area contributed by atoms with Gasteiger partial charge in [0.15, 0.2) is 0 Å². The van der Waals surface area contributed by atoms with Crippen LogP contribution < -0.4 is 10.6 Å². The Morgan fingerprint density at radius 3 is 2.33 bits per heavy atom. The summed E-state index contributed by atoms with van der Waals surface area (Å²) >= 11 is 0. The average molecular weight is 559 g/mol. The van der Waals surface area contributed by atoms with Crippen LogP contribution in [0.5, 0.6) is 0 Å². The van der Waals surface area contributed by atoms with Crippen molar-refractivity contribution in [3.63, 3.8) is 0 Å². The van der Waals surface area contributed by atoms with Crippen molar-refractivity contribution in [1.29, 1.82) is 0 Å². The monoisotopic (exact) mass is 558 g/mol. The molecule has 2 atom stereocenters. The van der Waals surface area contributed by atoms with E-state index in [1.54, 1.807) is 0 Å². The van der Waals surface area contributed by atoms with E-state index in [9.17, 15) is 23.5 Å². The third-order valence-corrected chi connectivity index (χ3v) is 7.84. The number of esters is 1. The van der Waals surface area contributed by atoms with Gasteiger partial charge in [-0.05, 0) is 59.9 Å². The van der Waals surface area contributed by atoms with Crippen LogP contribution in [-0.2, 0) is 31.7 Å². The van der Waals surface area contributed by atoms with E-state index < -0.39 is 29.7 Å². The zero-order chi connectivity index (χ0) is 29.3. The second kappa shape index (κ2) is 14.2. The lowest BCUT2D eigenvalue weighted by atomic mass is 9.74. The number of carbonyl (C=O) groups excluding carboxylic acids is 2. The van der Waals surface area contributed by atoms with E-state index in [4.69, 9.17) is 0 Å². The van der Waals surface area contributed by atoms with Gasteiger partial charge in [-0.3, -0.25) is 9.59 Å². The summed E-state index contributed by atoms with van der Waals surface area (Å²) in [6.45, 7) is 6.74. The zero-order valence-electron chi connectivity index (χ0n) is 24.2. The van der Waals surface area contributed by atoms with Crippen molar-refractivity contribution in [1.82, 2.24) is 10.6 Å². The zero-order valence-corrected chi connectivity index (χ0v) is 24.2. The van der Waals surface area contributed by atoms with Gasteiger partial charge in [0.1, 0.15) is 11.6 Å². The van der Waals surface area contributed by atoms with Crippen molar-refractivity contribution in [2.24, 2.45) is 0 Å². The smallest absolute Gasteiger partial charge is 0.305 e. The van der Waals surface area contributed by atoms with Crippen LogP contribution in [0.4, 0.5) is 8.78 Å². The number of methoxy groups -OCH3 is 1. The first-order valence-electron chi connectivity index (χ1n) is 14.3. The minimum Gasteiger partial charge on any atom is -0.469 e. The Morgan fingerprint density at radius 1 is 1.02 bits per heavy atom. The lowest BCUT2D eigenvalue weighted by Crippen LogP contribution is -2.53. The van der Waals surface area contributed by atoms with Crippen LogP contribution >= 0.6 is 0 Å². The molecule has 1 amide bonds. The highest BCUT2D eigenvalue weighted by molar-refractivity contribution is 5.77. The maximum atomic E-state index is 13.9. The van der Waals surface area contributed by atoms with Gasteiger partial charge in [0.2, 0.25) is 5.91 Å². The van der Waals surface area contributed by atoms with Crippen molar-refractivity contribution < 1.29 is 28.2 Å². The molecule has 3 N–H and O–H groups in total. The molecule has 8 heteroatoms. The third kappa shape index (κ3) is 9.10. The Balaban J connectivity index is 1.79. The molecule has 0 unspecified atom stereocenters. The fourth-order valence-corrected chi connectivity index (χ4v) is 5.49. The summed E-state index contributed by atoms with van der Waals surface area (Å²) in [5, 5.41) is 17.8. The van der Waals surface area contributed by atoms with Gasteiger partial charge in [0, 0.05) is 31.0 Å². The number of aliphatic hydroxyl groups excluding tert-OH is 1. The van der Waals surface area contributed by atoms with Gasteiger partial charge in [-0.2, -0.15) is 0 Å². The predicted molar refractivity (Wildman–Crippen MR) is 152 cm³/mol.